The first-order chi connectivity index (χ1) is 42.6. The summed E-state index contributed by atoms with van der Waals surface area (Å²) >= 11 is 0. The number of aliphatic carboxylic acids is 1. The van der Waals surface area contributed by atoms with Crippen molar-refractivity contribution in [1.82, 2.24) is 18.9 Å². The SMILES string of the molecule is C.CCOC(=O)C[C@H](CC(=O)C(CC(C)C)n1cc(CCN(C)C)c(C)cc1=O)c1cc(-c2c(C)cc(F)cc2C)cc(C)c1F.CCOC(=O)C[C@H](N)c1cc(-c2c(C)cc(F)cc2C)cc(C)c1F.Cc1cc(=O)n(C(CC(C)C)C(=O)O)cc1CCN(C)C. The van der Waals surface area contributed by atoms with E-state index in [9.17, 15) is 47.0 Å². The van der Waals surface area contributed by atoms with E-state index in [1.807, 2.05) is 83.6 Å². The lowest BCUT2D eigenvalue weighted by atomic mass is 9.83. The Morgan fingerprint density at radius 2 is 0.891 bits per heavy atom. The zero-order valence-electron chi connectivity index (χ0n) is 56.8. The van der Waals surface area contributed by atoms with Crippen LogP contribution in [0.3, 0.4) is 0 Å². The van der Waals surface area contributed by atoms with Gasteiger partial charge in [0.15, 0.2) is 5.78 Å². The van der Waals surface area contributed by atoms with Crippen molar-refractivity contribution in [3.63, 3.8) is 0 Å². The van der Waals surface area contributed by atoms with Crippen molar-refractivity contribution in [2.75, 3.05) is 54.5 Å². The fourth-order valence-corrected chi connectivity index (χ4v) is 11.5. The van der Waals surface area contributed by atoms with Crippen LogP contribution >= 0.6 is 0 Å². The zero-order chi connectivity index (χ0) is 68.5. The smallest absolute Gasteiger partial charge is 0.326 e. The number of nitrogens with two attached hydrogens (primary N) is 1. The maximum absolute atomic E-state index is 16.0. The van der Waals surface area contributed by atoms with Crippen molar-refractivity contribution in [2.24, 2.45) is 17.6 Å². The second kappa shape index (κ2) is 36.1. The molecule has 4 aromatic carbocycles. The predicted octanol–water partition coefficient (Wildman–Crippen LogP) is 14.5. The highest BCUT2D eigenvalue weighted by molar-refractivity contribution is 5.85. The number of ketones is 1. The monoisotopic (exact) mass is 1280 g/mol. The molecule has 0 saturated carbocycles. The Bertz CT molecular complexity index is 3600. The molecule has 0 radical (unpaired) electrons. The summed E-state index contributed by atoms with van der Waals surface area (Å²) in [6, 6.07) is 13.2. The lowest BCUT2D eigenvalue weighted by molar-refractivity contribution is -0.144. The minimum atomic E-state index is -0.951. The average Bonchev–Trinajstić information content (AvgIpc) is 0.805. The van der Waals surface area contributed by atoms with E-state index in [1.165, 1.54) is 33.4 Å². The third-order valence-electron chi connectivity index (χ3n) is 16.0. The summed E-state index contributed by atoms with van der Waals surface area (Å²) in [7, 11) is 7.94. The number of carbonyl (C=O) groups excluding carboxylic acids is 3. The van der Waals surface area contributed by atoms with Gasteiger partial charge in [-0.2, -0.15) is 0 Å². The maximum atomic E-state index is 16.0. The topological polar surface area (TPSA) is 183 Å². The number of hydrogen-bond donors (Lipinski definition) is 2. The molecule has 6 rings (SSSR count). The molecule has 0 fully saturated rings. The Morgan fingerprint density at radius 3 is 1.27 bits per heavy atom. The van der Waals surface area contributed by atoms with Gasteiger partial charge in [-0.1, -0.05) is 35.1 Å². The van der Waals surface area contributed by atoms with Gasteiger partial charge in [-0.05, 0) is 267 Å². The molecule has 0 aliphatic rings. The number of carboxylic acid groups (broad SMARTS) is 1. The molecule has 2 unspecified atom stereocenters. The first kappa shape index (κ1) is 78.7. The first-order valence-corrected chi connectivity index (χ1v) is 31.3. The summed E-state index contributed by atoms with van der Waals surface area (Å²) in [5.74, 6) is -4.33. The second-order valence-corrected chi connectivity index (χ2v) is 25.4. The summed E-state index contributed by atoms with van der Waals surface area (Å²) in [5.41, 5.74) is 16.5. The van der Waals surface area contributed by atoms with E-state index in [4.69, 9.17) is 15.2 Å². The van der Waals surface area contributed by atoms with Gasteiger partial charge in [0.05, 0.1) is 32.1 Å². The number of halogens is 4. The molecular weight excluding hydrogens is 1180 g/mol. The van der Waals surface area contributed by atoms with Gasteiger partial charge in [0.1, 0.15) is 29.3 Å². The number of likely N-dealkylation sites (N-methyl/N-ethyl adjacent to an activating group) is 2. The molecule has 0 bridgehead atoms. The quantitative estimate of drug-likeness (QED) is 0.0388. The van der Waals surface area contributed by atoms with Gasteiger partial charge in [0.25, 0.3) is 11.1 Å². The van der Waals surface area contributed by atoms with Crippen LogP contribution < -0.4 is 16.9 Å². The summed E-state index contributed by atoms with van der Waals surface area (Å²) in [4.78, 5) is 79.8. The van der Waals surface area contributed by atoms with Crippen LogP contribution in [0.5, 0.6) is 0 Å². The number of ether oxygens (including phenoxy) is 2. The van der Waals surface area contributed by atoms with Gasteiger partial charge in [-0.15, -0.1) is 0 Å². The number of carbonyl (C=O) groups is 4. The van der Waals surface area contributed by atoms with Crippen LogP contribution in [0, 0.1) is 90.5 Å². The third kappa shape index (κ3) is 22.4. The van der Waals surface area contributed by atoms with Crippen LogP contribution in [-0.4, -0.2) is 102 Å². The van der Waals surface area contributed by atoms with E-state index in [0.717, 1.165) is 69.6 Å². The van der Waals surface area contributed by atoms with Crippen molar-refractivity contribution in [3.8, 4) is 22.3 Å². The van der Waals surface area contributed by atoms with Crippen LogP contribution in [-0.2, 0) is 41.5 Å². The Morgan fingerprint density at radius 1 is 0.522 bits per heavy atom. The molecule has 6 aromatic rings. The fraction of sp³-hybridized carbons (Fsp3) is 0.486. The normalized spacial score (nSPS) is 12.6. The number of esters is 2. The molecule has 0 aliphatic heterocycles. The van der Waals surface area contributed by atoms with Gasteiger partial charge in [-0.25, -0.2) is 22.4 Å². The molecule has 92 heavy (non-hydrogen) atoms. The molecule has 3 N–H and O–H groups in total. The zero-order valence-corrected chi connectivity index (χ0v) is 56.8. The molecule has 18 heteroatoms. The highest BCUT2D eigenvalue weighted by atomic mass is 19.1. The number of aromatic nitrogens is 2. The number of nitrogens with zero attached hydrogens (tertiary/aromatic N) is 4. The van der Waals surface area contributed by atoms with E-state index in [1.54, 1.807) is 90.3 Å². The lowest BCUT2D eigenvalue weighted by Gasteiger charge is -2.25. The number of carboxylic acids is 1. The molecule has 14 nitrogen and oxygen atoms in total. The molecule has 0 aliphatic carbocycles. The number of hydrogen-bond acceptors (Lipinski definition) is 11. The molecule has 504 valence electrons. The van der Waals surface area contributed by atoms with E-state index < -0.39 is 53.6 Å². The molecule has 0 spiro atoms. The minimum absolute atomic E-state index is 0. The fourth-order valence-electron chi connectivity index (χ4n) is 11.5. The van der Waals surface area contributed by atoms with Crippen LogP contribution in [0.1, 0.15) is 172 Å². The van der Waals surface area contributed by atoms with Crippen LogP contribution in [0.15, 0.2) is 82.6 Å². The standard InChI is InChI=1S/C37H48F2N2O4.C20H23F2NO2.C16H26N2O3.CH4/c1-10-45-35(44)20-28(31-18-29(14-26(7)37(31)39)36-24(5)15-30(38)16-25(36)6)19-33(42)32(13-22(2)3)41-21-27(11-12-40(8)9)23(4)17-34(41)43;1-5-25-18(24)10-17(23)16-9-14(6-13(4)20(16)22)19-11(2)7-15(21)8-12(19)3;1-11(2)8-14(16(20)21)18-10-13(6-7-17(4)5)12(3)9-15(18)19;/h14-18,21-22,28,32H,10-13,19-20H2,1-9H3;6-9,17H,5,10,23H2,1-4H3;9-11,14H,6-8H2,1-5H3,(H,20,21);1H4/t28-,32?;17-;;/m00../s1. The van der Waals surface area contributed by atoms with Gasteiger partial charge in [-0.3, -0.25) is 24.0 Å². The van der Waals surface area contributed by atoms with Crippen molar-refractivity contribution in [2.45, 2.75) is 173 Å². The van der Waals surface area contributed by atoms with Crippen molar-refractivity contribution in [1.29, 1.82) is 0 Å². The van der Waals surface area contributed by atoms with Crippen molar-refractivity contribution >= 4 is 23.7 Å². The van der Waals surface area contributed by atoms with Crippen molar-refractivity contribution < 1.29 is 51.3 Å². The molecule has 2 heterocycles. The molecule has 0 saturated heterocycles. The van der Waals surface area contributed by atoms with Crippen molar-refractivity contribution in [3.05, 3.63) is 184 Å². The van der Waals surface area contributed by atoms with Gasteiger partial charge >= 0.3 is 17.9 Å². The highest BCUT2D eigenvalue weighted by Crippen LogP contribution is 2.38. The van der Waals surface area contributed by atoms with Gasteiger partial charge in [0, 0.05) is 61.6 Å². The van der Waals surface area contributed by atoms with E-state index in [0.29, 0.717) is 47.1 Å². The predicted molar refractivity (Wildman–Crippen MR) is 361 cm³/mol. The van der Waals surface area contributed by atoms with Gasteiger partial charge < -0.3 is 39.2 Å². The number of aryl methyl sites for hydroxylation is 8. The van der Waals surface area contributed by atoms with E-state index in [-0.39, 0.29) is 91.4 Å². The Kier molecular flexibility index (Phi) is 30.8. The maximum Gasteiger partial charge on any atom is 0.326 e. The largest absolute Gasteiger partial charge is 0.480 e. The number of pyridine rings is 2. The number of Topliss-reactive ketones (excluding diaryl/α,β-unsaturated/α-hetero) is 1. The van der Waals surface area contributed by atoms with Crippen LogP contribution in [0.25, 0.3) is 22.3 Å². The Balaban J connectivity index is 0.000000396. The summed E-state index contributed by atoms with van der Waals surface area (Å²) < 4.78 is 71.2. The second-order valence-electron chi connectivity index (χ2n) is 25.4. The summed E-state index contributed by atoms with van der Waals surface area (Å²) in [5, 5.41) is 9.41. The Labute approximate surface area is 543 Å². The van der Waals surface area contributed by atoms with Gasteiger partial charge in [0.2, 0.25) is 0 Å². The minimum Gasteiger partial charge on any atom is -0.480 e. The molecule has 0 amide bonds. The van der Waals surface area contributed by atoms with E-state index in [2.05, 4.69) is 9.80 Å². The molecule has 4 atom stereocenters. The summed E-state index contributed by atoms with van der Waals surface area (Å²) in [6.45, 7) is 27.6. The third-order valence-corrected chi connectivity index (χ3v) is 16.0. The average molecular weight is 1280 g/mol. The molecular formula is C74H101F4N5O9. The number of benzene rings is 4. The molecule has 2 aromatic heterocycles. The van der Waals surface area contributed by atoms with E-state index >= 15 is 4.39 Å². The lowest BCUT2D eigenvalue weighted by Crippen LogP contribution is -2.32. The highest BCUT2D eigenvalue weighted by Gasteiger charge is 2.31. The summed E-state index contributed by atoms with van der Waals surface area (Å²) in [6.07, 6.45) is 5.42. The Hall–Kier alpha value is -7.54. The number of rotatable bonds is 26. The van der Waals surface area contributed by atoms with Crippen LogP contribution in [0.4, 0.5) is 17.6 Å². The first-order valence-electron chi connectivity index (χ1n) is 31.3. The van der Waals surface area contributed by atoms with Crippen LogP contribution in [0.2, 0.25) is 0 Å².